The lowest BCUT2D eigenvalue weighted by Gasteiger charge is -2.14. The summed E-state index contributed by atoms with van der Waals surface area (Å²) in [5, 5.41) is 18.5. The average Bonchev–Trinajstić information content (AvgIpc) is 3.18. The molecule has 0 aliphatic heterocycles. The Bertz CT molecular complexity index is 1940. The first-order valence-electron chi connectivity index (χ1n) is 18.6. The Morgan fingerprint density at radius 2 is 1.46 bits per heavy atom. The van der Waals surface area contributed by atoms with E-state index in [0.717, 1.165) is 29.9 Å². The van der Waals surface area contributed by atoms with E-state index in [4.69, 9.17) is 32.2 Å². The molecule has 0 fully saturated rings. The molecule has 0 unspecified atom stereocenters. The number of aromatic amines is 1. The Kier molecular flexibility index (Phi) is 18.2. The van der Waals surface area contributed by atoms with E-state index in [1.54, 1.807) is 24.3 Å². The van der Waals surface area contributed by atoms with Crippen molar-refractivity contribution in [2.75, 3.05) is 56.0 Å². The number of thiocarbonyl (C=S) groups is 1. The van der Waals surface area contributed by atoms with Crippen LogP contribution in [-0.2, 0) is 30.3 Å². The molecule has 56 heavy (non-hydrogen) atoms. The van der Waals surface area contributed by atoms with Crippen LogP contribution in [-0.4, -0.2) is 93.4 Å². The fourth-order valence-corrected chi connectivity index (χ4v) is 5.60. The number of carbonyl (C=O) groups is 3. The van der Waals surface area contributed by atoms with Crippen LogP contribution in [0.2, 0.25) is 0 Å². The Morgan fingerprint density at radius 1 is 0.839 bits per heavy atom. The van der Waals surface area contributed by atoms with Crippen LogP contribution in [0.5, 0.6) is 0 Å². The molecule has 0 saturated carbocycles. The summed E-state index contributed by atoms with van der Waals surface area (Å²) < 4.78 is 16.7. The molecule has 4 rings (SSSR count). The fraction of sp³-hybridized carbons (Fsp3) is 0.436. The first-order chi connectivity index (χ1) is 27.1. The fourth-order valence-electron chi connectivity index (χ4n) is 5.34. The predicted octanol–water partition coefficient (Wildman–Crippen LogP) is 4.58. The molecule has 17 heteroatoms. The maximum absolute atomic E-state index is 12.8. The summed E-state index contributed by atoms with van der Waals surface area (Å²) in [4.78, 5) is 64.7. The molecule has 2 aromatic carbocycles. The van der Waals surface area contributed by atoms with Crippen LogP contribution < -0.4 is 27.2 Å². The number of ether oxygens (including phenoxy) is 3. The number of Topliss-reactive ketones (excluding diaryl/α,β-unsaturated/α-hetero) is 1. The number of nitrogens with one attached hydrogen (secondary N) is 4. The molecule has 1 atom stereocenters. The van der Waals surface area contributed by atoms with E-state index >= 15 is 0 Å². The zero-order chi connectivity index (χ0) is 40.1. The van der Waals surface area contributed by atoms with Crippen LogP contribution in [0.4, 0.5) is 17.3 Å². The van der Waals surface area contributed by atoms with Crippen molar-refractivity contribution in [3.05, 3.63) is 81.9 Å². The highest BCUT2D eigenvalue weighted by Gasteiger charge is 2.22. The van der Waals surface area contributed by atoms with Gasteiger partial charge in [0.1, 0.15) is 11.8 Å². The Balaban J connectivity index is 0.984. The number of unbranched alkanes of at least 4 members (excludes halogenated alkanes) is 2. The number of hydrogen-bond donors (Lipinski definition) is 6. The summed E-state index contributed by atoms with van der Waals surface area (Å²) in [6.45, 7) is 5.31. The molecule has 0 radical (unpaired) electrons. The van der Waals surface area contributed by atoms with Gasteiger partial charge >= 0.3 is 5.97 Å². The number of benzene rings is 2. The molecule has 0 aliphatic carbocycles. The first kappa shape index (κ1) is 43.4. The number of carbonyl (C=O) groups excluding carboxylic acids is 2. The molecule has 0 saturated heterocycles. The predicted molar refractivity (Wildman–Crippen MR) is 217 cm³/mol. The molecule has 2 heterocycles. The number of carboxylic acid groups (broad SMARTS) is 1. The van der Waals surface area contributed by atoms with Crippen molar-refractivity contribution in [3.63, 3.8) is 0 Å². The summed E-state index contributed by atoms with van der Waals surface area (Å²) >= 11 is 5.41. The Hall–Kier alpha value is -5.36. The van der Waals surface area contributed by atoms with Crippen molar-refractivity contribution in [2.45, 2.75) is 70.9 Å². The lowest BCUT2D eigenvalue weighted by molar-refractivity contribution is -0.139. The van der Waals surface area contributed by atoms with Gasteiger partial charge in [-0.25, -0.2) is 14.8 Å². The number of anilines is 3. The normalized spacial score (nSPS) is 11.6. The molecule has 4 aromatic rings. The number of aromatic nitrogens is 4. The number of nitrogens with two attached hydrogens (primary N) is 1. The molecule has 1 amide bonds. The molecular weight excluding hydrogens is 741 g/mol. The highest BCUT2D eigenvalue weighted by atomic mass is 32.1. The van der Waals surface area contributed by atoms with Gasteiger partial charge in [-0.3, -0.25) is 19.4 Å². The Labute approximate surface area is 330 Å². The van der Waals surface area contributed by atoms with Gasteiger partial charge in [0.05, 0.1) is 49.9 Å². The third-order valence-electron chi connectivity index (χ3n) is 8.44. The zero-order valence-electron chi connectivity index (χ0n) is 31.5. The van der Waals surface area contributed by atoms with Crippen LogP contribution >= 0.6 is 12.2 Å². The molecule has 2 aromatic heterocycles. The quantitative estimate of drug-likeness (QED) is 0.0378. The number of nitrogen functional groups attached to an aromatic ring is 1. The molecular formula is C39H50N8O8S. The van der Waals surface area contributed by atoms with E-state index in [1.165, 1.54) is 11.8 Å². The molecule has 16 nitrogen and oxygen atoms in total. The van der Waals surface area contributed by atoms with Gasteiger partial charge in [-0.1, -0.05) is 29.9 Å². The van der Waals surface area contributed by atoms with Crippen LogP contribution in [0.1, 0.15) is 73.0 Å². The topological polar surface area (TPSA) is 233 Å². The minimum absolute atomic E-state index is 0.0189. The van der Waals surface area contributed by atoms with Crippen molar-refractivity contribution in [2.24, 2.45) is 0 Å². The SMILES string of the molecule is Cc1ccc(NC(=S)CCCCOCCOCCOCCCCC(=O)CC[C@H](NC(=O)c2ccc(NCc3cnc4nc(N)[nH]c(=O)c4n3)cc2)C(=O)O)cc1. The highest BCUT2D eigenvalue weighted by Crippen LogP contribution is 2.14. The summed E-state index contributed by atoms with van der Waals surface area (Å²) in [5.74, 6) is -1.92. The minimum Gasteiger partial charge on any atom is -0.480 e. The maximum atomic E-state index is 12.8. The van der Waals surface area contributed by atoms with Crippen LogP contribution in [0.15, 0.2) is 59.5 Å². The molecule has 7 N–H and O–H groups in total. The number of fused-ring (bicyclic) bond motifs is 1. The van der Waals surface area contributed by atoms with Crippen LogP contribution in [0.25, 0.3) is 11.2 Å². The monoisotopic (exact) mass is 790 g/mol. The van der Waals surface area contributed by atoms with Crippen molar-refractivity contribution >= 4 is 63.4 Å². The second-order valence-electron chi connectivity index (χ2n) is 13.0. The van der Waals surface area contributed by atoms with E-state index < -0.39 is 23.5 Å². The summed E-state index contributed by atoms with van der Waals surface area (Å²) in [5.41, 5.74) is 8.85. The van der Waals surface area contributed by atoms with E-state index in [-0.39, 0.29) is 47.8 Å². The third-order valence-corrected chi connectivity index (χ3v) is 8.74. The lowest BCUT2D eigenvalue weighted by Crippen LogP contribution is -2.41. The van der Waals surface area contributed by atoms with Gasteiger partial charge in [-0.15, -0.1) is 0 Å². The van der Waals surface area contributed by atoms with Crippen molar-refractivity contribution < 1.29 is 33.7 Å². The van der Waals surface area contributed by atoms with Crippen molar-refractivity contribution in [1.29, 1.82) is 0 Å². The van der Waals surface area contributed by atoms with Gasteiger partial charge in [0, 0.05) is 43.0 Å². The van der Waals surface area contributed by atoms with Gasteiger partial charge in [0.25, 0.3) is 11.5 Å². The highest BCUT2D eigenvalue weighted by molar-refractivity contribution is 7.80. The molecule has 0 bridgehead atoms. The molecule has 0 spiro atoms. The molecule has 300 valence electrons. The first-order valence-corrected chi connectivity index (χ1v) is 19.0. The van der Waals surface area contributed by atoms with Crippen molar-refractivity contribution in [1.82, 2.24) is 25.3 Å². The number of aliphatic carboxylic acids is 1. The number of carboxylic acids is 1. The van der Waals surface area contributed by atoms with Gasteiger partial charge in [-0.2, -0.15) is 4.98 Å². The second-order valence-corrected chi connectivity index (χ2v) is 13.5. The smallest absolute Gasteiger partial charge is 0.326 e. The van der Waals surface area contributed by atoms with Gasteiger partial charge in [-0.05, 0) is 81.8 Å². The summed E-state index contributed by atoms with van der Waals surface area (Å²) in [7, 11) is 0. The summed E-state index contributed by atoms with van der Waals surface area (Å²) in [6, 6.07) is 13.3. The van der Waals surface area contributed by atoms with E-state index in [0.29, 0.717) is 70.3 Å². The number of aryl methyl sites for hydroxylation is 1. The van der Waals surface area contributed by atoms with Crippen LogP contribution in [0, 0.1) is 6.92 Å². The van der Waals surface area contributed by atoms with Gasteiger partial charge in [0.15, 0.2) is 11.2 Å². The number of amides is 1. The summed E-state index contributed by atoms with van der Waals surface area (Å²) in [6.07, 6.45) is 5.76. The van der Waals surface area contributed by atoms with Crippen molar-refractivity contribution in [3.8, 4) is 0 Å². The number of nitrogens with zero attached hydrogens (tertiary/aromatic N) is 3. The number of ketones is 1. The standard InChI is InChI=1S/C39H50N8O8S/c1-26-8-12-29(13-9-26)43-33(56)7-3-5-19-54-21-23-55-22-20-53-18-4-2-6-31(48)16-17-32(38(51)52)45-36(49)27-10-14-28(15-11-27)41-24-30-25-42-35-34(44-30)37(50)47-39(40)46-35/h8-15,25,32,41H,2-7,16-24H2,1H3,(H,43,56)(H,45,49)(H,51,52)(H3,40,42,46,47,50)/t32-/m0/s1. The minimum atomic E-state index is -1.22. The third kappa shape index (κ3) is 15.8. The average molecular weight is 791 g/mol. The van der Waals surface area contributed by atoms with Crippen LogP contribution in [0.3, 0.4) is 0 Å². The lowest BCUT2D eigenvalue weighted by atomic mass is 10.0. The number of rotatable bonds is 26. The van der Waals surface area contributed by atoms with E-state index in [2.05, 4.69) is 54.9 Å². The second kappa shape index (κ2) is 23.5. The number of H-pyrrole nitrogens is 1. The molecule has 0 aliphatic rings. The van der Waals surface area contributed by atoms with Gasteiger partial charge in [0.2, 0.25) is 5.95 Å². The van der Waals surface area contributed by atoms with E-state index in [1.807, 2.05) is 12.1 Å². The van der Waals surface area contributed by atoms with Gasteiger partial charge < -0.3 is 41.0 Å². The van der Waals surface area contributed by atoms with E-state index in [9.17, 15) is 24.3 Å². The largest absolute Gasteiger partial charge is 0.480 e. The number of hydrogen-bond acceptors (Lipinski definition) is 13. The zero-order valence-corrected chi connectivity index (χ0v) is 32.3. The Morgan fingerprint density at radius 3 is 2.12 bits per heavy atom. The maximum Gasteiger partial charge on any atom is 0.326 e.